The molecule has 0 amide bonds. The van der Waals surface area contributed by atoms with Crippen LogP contribution in [0.5, 0.6) is 0 Å². The Hall–Kier alpha value is -0.370. The number of hydrogen-bond acceptors (Lipinski definition) is 5. The first-order valence-electron chi connectivity index (χ1n) is 6.72. The van der Waals surface area contributed by atoms with Crippen molar-refractivity contribution >= 4 is 24.0 Å². The molecule has 2 heterocycles. The highest BCUT2D eigenvalue weighted by Crippen LogP contribution is 2.21. The summed E-state index contributed by atoms with van der Waals surface area (Å²) in [6.45, 7) is 3.56. The molecule has 1 unspecified atom stereocenters. The molecule has 1 N–H and O–H groups in total. The van der Waals surface area contributed by atoms with Crippen LogP contribution >= 0.6 is 24.0 Å². The highest BCUT2D eigenvalue weighted by molar-refractivity contribution is 7.99. The van der Waals surface area contributed by atoms with E-state index in [-0.39, 0.29) is 6.61 Å². The molecule has 5 nitrogen and oxygen atoms in total. The molecule has 1 aliphatic heterocycles. The van der Waals surface area contributed by atoms with E-state index in [1.807, 2.05) is 21.0 Å². The Labute approximate surface area is 123 Å². The Morgan fingerprint density at radius 2 is 2.37 bits per heavy atom. The summed E-state index contributed by atoms with van der Waals surface area (Å²) in [5.74, 6) is 3.10. The van der Waals surface area contributed by atoms with Crippen molar-refractivity contribution in [2.24, 2.45) is 0 Å². The molecule has 1 saturated heterocycles. The molecule has 0 spiro atoms. The van der Waals surface area contributed by atoms with Crippen LogP contribution in [0.3, 0.4) is 0 Å². The molecule has 2 rings (SSSR count). The highest BCUT2D eigenvalue weighted by atomic mass is 32.2. The van der Waals surface area contributed by atoms with E-state index in [2.05, 4.69) is 24.0 Å². The van der Waals surface area contributed by atoms with Crippen molar-refractivity contribution in [3.05, 3.63) is 10.6 Å². The third-order valence-corrected chi connectivity index (χ3v) is 5.05. The van der Waals surface area contributed by atoms with Gasteiger partial charge in [-0.25, -0.2) is 4.68 Å². The summed E-state index contributed by atoms with van der Waals surface area (Å²) in [5.41, 5.74) is 0. The molecule has 1 aromatic rings. The molecule has 1 fully saturated rings. The second-order valence-corrected chi connectivity index (χ2v) is 6.44. The van der Waals surface area contributed by atoms with Gasteiger partial charge >= 0.3 is 0 Å². The molecule has 1 atom stereocenters. The van der Waals surface area contributed by atoms with Crippen molar-refractivity contribution in [1.29, 1.82) is 0 Å². The quantitative estimate of drug-likeness (QED) is 0.811. The topological polar surface area (TPSA) is 46.2 Å². The van der Waals surface area contributed by atoms with Crippen LogP contribution in [0.4, 0.5) is 0 Å². The van der Waals surface area contributed by atoms with Crippen LogP contribution in [-0.2, 0) is 19.8 Å². The van der Waals surface area contributed by atoms with E-state index in [4.69, 9.17) is 12.2 Å². The highest BCUT2D eigenvalue weighted by Gasteiger charge is 2.21. The van der Waals surface area contributed by atoms with Gasteiger partial charge in [-0.3, -0.25) is 4.90 Å². The summed E-state index contributed by atoms with van der Waals surface area (Å²) < 4.78 is 4.48. The Bertz CT molecular complexity index is 465. The number of aliphatic hydroxyl groups excluding tert-OH is 1. The Balaban J connectivity index is 2.13. The smallest absolute Gasteiger partial charge is 0.199 e. The Morgan fingerprint density at radius 3 is 2.95 bits per heavy atom. The molecule has 1 aliphatic rings. The second kappa shape index (κ2) is 6.88. The first-order valence-corrected chi connectivity index (χ1v) is 8.29. The van der Waals surface area contributed by atoms with Crippen LogP contribution in [0.1, 0.15) is 25.6 Å². The number of aliphatic hydroxyl groups is 1. The van der Waals surface area contributed by atoms with E-state index in [1.165, 1.54) is 17.9 Å². The van der Waals surface area contributed by atoms with Crippen LogP contribution in [0.25, 0.3) is 0 Å². The van der Waals surface area contributed by atoms with Gasteiger partial charge < -0.3 is 9.67 Å². The predicted molar refractivity (Wildman–Crippen MR) is 80.8 cm³/mol. The van der Waals surface area contributed by atoms with Gasteiger partial charge in [-0.05, 0) is 37.9 Å². The van der Waals surface area contributed by atoms with E-state index in [9.17, 15) is 5.11 Å². The van der Waals surface area contributed by atoms with Crippen molar-refractivity contribution in [3.8, 4) is 0 Å². The normalized spacial score (nSPS) is 19.5. The zero-order valence-electron chi connectivity index (χ0n) is 11.6. The number of nitrogens with zero attached hydrogens (tertiary/aromatic N) is 4. The van der Waals surface area contributed by atoms with Crippen molar-refractivity contribution < 1.29 is 5.11 Å². The lowest BCUT2D eigenvalue weighted by atomic mass is 10.2. The minimum Gasteiger partial charge on any atom is -0.388 e. The van der Waals surface area contributed by atoms with Gasteiger partial charge in [-0.15, -0.1) is 0 Å². The average Bonchev–Trinajstić information content (AvgIpc) is 3.02. The maximum absolute atomic E-state index is 9.37. The largest absolute Gasteiger partial charge is 0.388 e. The zero-order valence-corrected chi connectivity index (χ0v) is 13.2. The lowest BCUT2D eigenvalue weighted by Crippen LogP contribution is -2.33. The average molecular weight is 302 g/mol. The van der Waals surface area contributed by atoms with Gasteiger partial charge in [-0.1, -0.05) is 6.92 Å². The van der Waals surface area contributed by atoms with Gasteiger partial charge in [0.1, 0.15) is 6.61 Å². The van der Waals surface area contributed by atoms with Gasteiger partial charge in [0.2, 0.25) is 0 Å². The monoisotopic (exact) mass is 302 g/mol. The molecular formula is C12H22N4OS2. The molecule has 0 aliphatic carbocycles. The summed E-state index contributed by atoms with van der Waals surface area (Å²) >= 11 is 7.46. The van der Waals surface area contributed by atoms with Gasteiger partial charge in [0.05, 0.1) is 6.67 Å². The van der Waals surface area contributed by atoms with Crippen molar-refractivity contribution in [3.63, 3.8) is 0 Å². The predicted octanol–water partition coefficient (Wildman–Crippen LogP) is 1.71. The van der Waals surface area contributed by atoms with Gasteiger partial charge in [0, 0.05) is 18.3 Å². The van der Waals surface area contributed by atoms with Crippen molar-refractivity contribution in [1.82, 2.24) is 19.2 Å². The molecular weight excluding hydrogens is 280 g/mol. The summed E-state index contributed by atoms with van der Waals surface area (Å²) in [6, 6.07) is 0.612. The van der Waals surface area contributed by atoms with Gasteiger partial charge in [0.25, 0.3) is 0 Å². The summed E-state index contributed by atoms with van der Waals surface area (Å²) in [6.07, 6.45) is 2.22. The first-order chi connectivity index (χ1) is 9.17. The molecule has 0 aromatic carbocycles. The maximum atomic E-state index is 9.37. The van der Waals surface area contributed by atoms with Crippen LogP contribution in [0, 0.1) is 4.77 Å². The summed E-state index contributed by atoms with van der Waals surface area (Å²) in [4.78, 5) is 2.31. The lowest BCUT2D eigenvalue weighted by molar-refractivity contribution is 0.195. The second-order valence-electron chi connectivity index (χ2n) is 4.92. The van der Waals surface area contributed by atoms with Crippen LogP contribution in [0.15, 0.2) is 0 Å². The minimum atomic E-state index is -0.0559. The van der Waals surface area contributed by atoms with Crippen molar-refractivity contribution in [2.45, 2.75) is 45.6 Å². The van der Waals surface area contributed by atoms with E-state index in [1.54, 1.807) is 0 Å². The lowest BCUT2D eigenvalue weighted by Gasteiger charge is -2.22. The standard InChI is InChI=1S/C12H22N4OS2/c1-3-5-15-11(7-17)13-16(12(15)18)9-14(2)10-4-6-19-8-10/h10,17H,3-9H2,1-2H3. The van der Waals surface area contributed by atoms with Crippen LogP contribution in [0.2, 0.25) is 0 Å². The minimum absolute atomic E-state index is 0.0559. The molecule has 0 saturated carbocycles. The molecule has 0 radical (unpaired) electrons. The summed E-state index contributed by atoms with van der Waals surface area (Å²) in [7, 11) is 2.12. The molecule has 1 aromatic heterocycles. The van der Waals surface area contributed by atoms with E-state index < -0.39 is 0 Å². The fraction of sp³-hybridized carbons (Fsp3) is 0.833. The van der Waals surface area contributed by atoms with E-state index >= 15 is 0 Å². The number of thioether (sulfide) groups is 1. The molecule has 19 heavy (non-hydrogen) atoms. The first kappa shape index (κ1) is 15.0. The van der Waals surface area contributed by atoms with Gasteiger partial charge in [0.15, 0.2) is 10.6 Å². The van der Waals surface area contributed by atoms with Gasteiger partial charge in [-0.2, -0.15) is 16.9 Å². The van der Waals surface area contributed by atoms with Crippen LogP contribution < -0.4 is 0 Å². The van der Waals surface area contributed by atoms with Crippen molar-refractivity contribution in [2.75, 3.05) is 18.6 Å². The SMILES string of the molecule is CCCn1c(CO)nn(CN(C)C2CCSC2)c1=S. The zero-order chi connectivity index (χ0) is 13.8. The Morgan fingerprint density at radius 1 is 1.58 bits per heavy atom. The number of rotatable bonds is 6. The Kier molecular flexibility index (Phi) is 5.44. The fourth-order valence-corrected chi connectivity index (χ4v) is 3.93. The van der Waals surface area contributed by atoms with Crippen LogP contribution in [-0.4, -0.2) is 48.9 Å². The third-order valence-electron chi connectivity index (χ3n) is 3.47. The maximum Gasteiger partial charge on any atom is 0.199 e. The molecule has 0 bridgehead atoms. The summed E-state index contributed by atoms with van der Waals surface area (Å²) in [5, 5.41) is 13.8. The number of hydrogen-bond donors (Lipinski definition) is 1. The molecule has 108 valence electrons. The third kappa shape index (κ3) is 3.39. The fourth-order valence-electron chi connectivity index (χ4n) is 2.34. The van der Waals surface area contributed by atoms with E-state index in [0.29, 0.717) is 23.3 Å². The molecule has 7 heteroatoms. The number of aromatic nitrogens is 3. The van der Waals surface area contributed by atoms with E-state index in [0.717, 1.165) is 13.0 Å².